The van der Waals surface area contributed by atoms with Crippen LogP contribution in [0.4, 0.5) is 10.7 Å². The molecule has 0 unspecified atom stereocenters. The van der Waals surface area contributed by atoms with Crippen LogP contribution in [0.1, 0.15) is 46.7 Å². The fourth-order valence-electron chi connectivity index (χ4n) is 1.84. The Morgan fingerprint density at radius 3 is 2.48 bits per heavy atom. The van der Waals surface area contributed by atoms with E-state index < -0.39 is 11.9 Å². The number of unbranched alkanes of at least 4 members (excludes halogenated alkanes) is 1. The van der Waals surface area contributed by atoms with Gasteiger partial charge < -0.3 is 20.1 Å². The summed E-state index contributed by atoms with van der Waals surface area (Å²) in [6.45, 7) is 4.83. The van der Waals surface area contributed by atoms with E-state index in [0.717, 1.165) is 30.7 Å². The molecule has 0 amide bonds. The molecule has 0 saturated heterocycles. The van der Waals surface area contributed by atoms with Crippen molar-refractivity contribution in [1.29, 1.82) is 0 Å². The van der Waals surface area contributed by atoms with Crippen LogP contribution in [0.15, 0.2) is 0 Å². The number of carbonyl (C=O) groups is 2. The van der Waals surface area contributed by atoms with Crippen LogP contribution in [0.3, 0.4) is 0 Å². The van der Waals surface area contributed by atoms with Crippen LogP contribution in [0.2, 0.25) is 0 Å². The molecule has 21 heavy (non-hydrogen) atoms. The van der Waals surface area contributed by atoms with E-state index in [2.05, 4.69) is 6.92 Å². The molecular weight excluding hydrogens is 292 g/mol. The van der Waals surface area contributed by atoms with Crippen molar-refractivity contribution >= 4 is 34.0 Å². The second-order valence-electron chi connectivity index (χ2n) is 4.51. The fourth-order valence-corrected chi connectivity index (χ4v) is 2.93. The van der Waals surface area contributed by atoms with Gasteiger partial charge in [0.25, 0.3) is 0 Å². The molecule has 1 rings (SSSR count). The Bertz CT molecular complexity index is 513. The highest BCUT2D eigenvalue weighted by Crippen LogP contribution is 2.38. The van der Waals surface area contributed by atoms with Gasteiger partial charge in [-0.15, -0.1) is 11.3 Å². The van der Waals surface area contributed by atoms with E-state index in [-0.39, 0.29) is 22.7 Å². The average Bonchev–Trinajstić information content (AvgIpc) is 2.82. The maximum Gasteiger partial charge on any atom is 0.350 e. The van der Waals surface area contributed by atoms with Crippen molar-refractivity contribution in [3.63, 3.8) is 0 Å². The lowest BCUT2D eigenvalue weighted by Crippen LogP contribution is -2.20. The fraction of sp³-hybridized carbons (Fsp3) is 0.571. The van der Waals surface area contributed by atoms with Gasteiger partial charge >= 0.3 is 11.9 Å². The number of ether oxygens (including phenoxy) is 2. The maximum atomic E-state index is 12.0. The van der Waals surface area contributed by atoms with Gasteiger partial charge in [-0.2, -0.15) is 0 Å². The summed E-state index contributed by atoms with van der Waals surface area (Å²) in [5, 5.41) is 0.635. The van der Waals surface area contributed by atoms with Crippen LogP contribution in [0.5, 0.6) is 0 Å². The molecule has 0 spiro atoms. The van der Waals surface area contributed by atoms with Gasteiger partial charge in [-0.25, -0.2) is 9.59 Å². The second-order valence-corrected chi connectivity index (χ2v) is 5.51. The number of carbonyl (C=O) groups excluding carboxylic acids is 2. The molecule has 0 aliphatic rings. The molecule has 118 valence electrons. The van der Waals surface area contributed by atoms with Crippen molar-refractivity contribution < 1.29 is 19.1 Å². The highest BCUT2D eigenvalue weighted by Gasteiger charge is 2.28. The van der Waals surface area contributed by atoms with Gasteiger partial charge in [-0.3, -0.25) is 0 Å². The highest BCUT2D eigenvalue weighted by atomic mass is 32.1. The van der Waals surface area contributed by atoms with Gasteiger partial charge in [0.2, 0.25) is 0 Å². The zero-order valence-corrected chi connectivity index (χ0v) is 13.7. The minimum atomic E-state index is -0.544. The number of rotatable bonds is 7. The summed E-state index contributed by atoms with van der Waals surface area (Å²) in [4.78, 5) is 26.0. The van der Waals surface area contributed by atoms with E-state index in [0.29, 0.717) is 5.00 Å². The predicted octanol–water partition coefficient (Wildman–Crippen LogP) is 2.53. The Morgan fingerprint density at radius 1 is 1.29 bits per heavy atom. The van der Waals surface area contributed by atoms with E-state index in [1.807, 2.05) is 11.9 Å². The third-order valence-electron chi connectivity index (χ3n) is 2.97. The molecule has 7 heteroatoms. The third-order valence-corrected chi connectivity index (χ3v) is 4.27. The lowest BCUT2D eigenvalue weighted by atomic mass is 10.2. The molecule has 0 radical (unpaired) electrons. The largest absolute Gasteiger partial charge is 0.465 e. The Kier molecular flexibility index (Phi) is 6.48. The van der Waals surface area contributed by atoms with Crippen LogP contribution in [0.25, 0.3) is 0 Å². The standard InChI is InChI=1S/C14H22N2O4S/c1-5-7-8-16(3)12-9(13(17)19-4)10(15)11(21-12)14(18)20-6-2/h5-8,15H2,1-4H3. The van der Waals surface area contributed by atoms with Gasteiger partial charge in [0, 0.05) is 13.6 Å². The lowest BCUT2D eigenvalue weighted by Gasteiger charge is -2.18. The highest BCUT2D eigenvalue weighted by molar-refractivity contribution is 7.19. The summed E-state index contributed by atoms with van der Waals surface area (Å²) in [5.74, 6) is -1.06. The Labute approximate surface area is 128 Å². The van der Waals surface area contributed by atoms with E-state index >= 15 is 0 Å². The zero-order valence-electron chi connectivity index (χ0n) is 12.9. The van der Waals surface area contributed by atoms with Crippen molar-refractivity contribution in [2.75, 3.05) is 37.9 Å². The van der Waals surface area contributed by atoms with E-state index in [1.54, 1.807) is 6.92 Å². The molecule has 0 aliphatic heterocycles. The topological polar surface area (TPSA) is 81.9 Å². The van der Waals surface area contributed by atoms with Gasteiger partial charge in [0.05, 0.1) is 19.4 Å². The van der Waals surface area contributed by atoms with Crippen LogP contribution in [-0.4, -0.2) is 39.2 Å². The summed E-state index contributed by atoms with van der Waals surface area (Å²) in [7, 11) is 3.15. The number of anilines is 2. The second kappa shape index (κ2) is 7.87. The predicted molar refractivity (Wildman–Crippen MR) is 84.2 cm³/mol. The molecular formula is C14H22N2O4S. The van der Waals surface area contributed by atoms with E-state index in [1.165, 1.54) is 7.11 Å². The zero-order chi connectivity index (χ0) is 16.0. The summed E-state index contributed by atoms with van der Waals surface area (Å²) >= 11 is 1.16. The Balaban J connectivity index is 3.24. The quantitative estimate of drug-likeness (QED) is 0.779. The molecule has 1 aromatic heterocycles. The number of methoxy groups -OCH3 is 1. The van der Waals surface area contributed by atoms with Gasteiger partial charge in [-0.1, -0.05) is 13.3 Å². The summed E-state index contributed by atoms with van der Waals surface area (Å²) in [6.07, 6.45) is 2.01. The third kappa shape index (κ3) is 3.87. The number of hydrogen-bond acceptors (Lipinski definition) is 7. The van der Waals surface area contributed by atoms with Gasteiger partial charge in [0.15, 0.2) is 0 Å². The SMILES string of the molecule is CCCCN(C)c1sc(C(=O)OCC)c(N)c1C(=O)OC. The minimum Gasteiger partial charge on any atom is -0.465 e. The van der Waals surface area contributed by atoms with Crippen LogP contribution in [-0.2, 0) is 9.47 Å². The Morgan fingerprint density at radius 2 is 1.95 bits per heavy atom. The number of esters is 2. The van der Waals surface area contributed by atoms with Crippen LogP contribution < -0.4 is 10.6 Å². The molecule has 0 aromatic carbocycles. The van der Waals surface area contributed by atoms with Crippen molar-refractivity contribution in [2.45, 2.75) is 26.7 Å². The molecule has 1 aromatic rings. The van der Waals surface area contributed by atoms with Gasteiger partial charge in [0.1, 0.15) is 15.4 Å². The first-order chi connectivity index (χ1) is 9.97. The van der Waals surface area contributed by atoms with Crippen molar-refractivity contribution in [3.8, 4) is 0 Å². The molecule has 0 bridgehead atoms. The number of nitrogens with zero attached hydrogens (tertiary/aromatic N) is 1. The molecule has 0 aliphatic carbocycles. The van der Waals surface area contributed by atoms with Crippen molar-refractivity contribution in [1.82, 2.24) is 0 Å². The van der Waals surface area contributed by atoms with E-state index in [9.17, 15) is 9.59 Å². The smallest absolute Gasteiger partial charge is 0.350 e. The minimum absolute atomic E-state index is 0.128. The first kappa shape index (κ1) is 17.3. The molecule has 0 atom stereocenters. The van der Waals surface area contributed by atoms with Crippen LogP contribution >= 0.6 is 11.3 Å². The first-order valence-corrected chi connectivity index (χ1v) is 7.68. The summed E-state index contributed by atoms with van der Waals surface area (Å²) in [5.41, 5.74) is 6.33. The summed E-state index contributed by atoms with van der Waals surface area (Å²) < 4.78 is 9.75. The average molecular weight is 314 g/mol. The monoisotopic (exact) mass is 314 g/mol. The number of thiophene rings is 1. The van der Waals surface area contributed by atoms with Crippen molar-refractivity contribution in [3.05, 3.63) is 10.4 Å². The maximum absolute atomic E-state index is 12.0. The lowest BCUT2D eigenvalue weighted by molar-refractivity contribution is 0.0533. The first-order valence-electron chi connectivity index (χ1n) is 6.86. The molecule has 2 N–H and O–H groups in total. The molecule has 0 fully saturated rings. The molecule has 6 nitrogen and oxygen atoms in total. The van der Waals surface area contributed by atoms with E-state index in [4.69, 9.17) is 15.2 Å². The number of nitrogens with two attached hydrogens (primary N) is 1. The number of hydrogen-bond donors (Lipinski definition) is 1. The van der Waals surface area contributed by atoms with Gasteiger partial charge in [-0.05, 0) is 13.3 Å². The normalized spacial score (nSPS) is 10.3. The molecule has 1 heterocycles. The Hall–Kier alpha value is -1.76. The van der Waals surface area contributed by atoms with Crippen LogP contribution in [0, 0.1) is 0 Å². The number of nitrogen functional groups attached to an aromatic ring is 1. The molecule has 0 saturated carbocycles. The van der Waals surface area contributed by atoms with Crippen molar-refractivity contribution in [2.24, 2.45) is 0 Å². The summed E-state index contributed by atoms with van der Waals surface area (Å²) in [6, 6.07) is 0.